The zero-order valence-corrected chi connectivity index (χ0v) is 16.3. The third-order valence-corrected chi connectivity index (χ3v) is 6.29. The van der Waals surface area contributed by atoms with Crippen LogP contribution in [0.5, 0.6) is 0 Å². The Hall–Kier alpha value is -2.31. The standard InChI is InChI=1S/C21H29FN4O2/c22-17-7-5-16(6-8-17)15-25-13-14-26(21(25)28)19-9-11-24(12-10-19)20(27)23-18-3-1-2-4-18/h5-8,18-19H,1-4,9-15H2,(H,23,27). The third kappa shape index (κ3) is 4.23. The van der Waals surface area contributed by atoms with E-state index in [0.717, 1.165) is 37.8 Å². The highest BCUT2D eigenvalue weighted by Crippen LogP contribution is 2.23. The van der Waals surface area contributed by atoms with Gasteiger partial charge in [-0.1, -0.05) is 25.0 Å². The Morgan fingerprint density at radius 2 is 1.68 bits per heavy atom. The summed E-state index contributed by atoms with van der Waals surface area (Å²) < 4.78 is 13.1. The summed E-state index contributed by atoms with van der Waals surface area (Å²) in [6, 6.07) is 6.96. The van der Waals surface area contributed by atoms with E-state index in [2.05, 4.69) is 5.32 Å². The number of likely N-dealkylation sites (tertiary alicyclic amines) is 1. The molecule has 4 rings (SSSR count). The van der Waals surface area contributed by atoms with Crippen molar-refractivity contribution >= 4 is 12.1 Å². The molecule has 28 heavy (non-hydrogen) atoms. The van der Waals surface area contributed by atoms with Crippen LogP contribution >= 0.6 is 0 Å². The molecule has 3 aliphatic rings. The maximum Gasteiger partial charge on any atom is 0.320 e. The number of benzene rings is 1. The summed E-state index contributed by atoms with van der Waals surface area (Å²) >= 11 is 0. The van der Waals surface area contributed by atoms with Crippen LogP contribution in [-0.4, -0.2) is 65.0 Å². The Labute approximate surface area is 165 Å². The predicted molar refractivity (Wildman–Crippen MR) is 104 cm³/mol. The monoisotopic (exact) mass is 388 g/mol. The van der Waals surface area contributed by atoms with Crippen molar-refractivity contribution in [2.24, 2.45) is 0 Å². The van der Waals surface area contributed by atoms with E-state index in [0.29, 0.717) is 32.2 Å². The molecule has 7 heteroatoms. The van der Waals surface area contributed by atoms with Crippen LogP contribution in [0.2, 0.25) is 0 Å². The Kier molecular flexibility index (Phi) is 5.69. The highest BCUT2D eigenvalue weighted by atomic mass is 19.1. The third-order valence-electron chi connectivity index (χ3n) is 6.29. The number of nitrogens with one attached hydrogen (secondary N) is 1. The molecule has 1 aromatic carbocycles. The Morgan fingerprint density at radius 3 is 2.36 bits per heavy atom. The molecule has 0 unspecified atom stereocenters. The quantitative estimate of drug-likeness (QED) is 0.861. The van der Waals surface area contributed by atoms with E-state index in [-0.39, 0.29) is 23.9 Å². The topological polar surface area (TPSA) is 55.9 Å². The summed E-state index contributed by atoms with van der Waals surface area (Å²) in [6.07, 6.45) is 6.25. The molecule has 0 atom stereocenters. The second-order valence-electron chi connectivity index (χ2n) is 8.17. The average Bonchev–Trinajstić information content (AvgIpc) is 3.34. The summed E-state index contributed by atoms with van der Waals surface area (Å²) in [5, 5.41) is 3.15. The second kappa shape index (κ2) is 8.37. The smallest absolute Gasteiger partial charge is 0.320 e. The largest absolute Gasteiger partial charge is 0.335 e. The molecule has 3 fully saturated rings. The number of hydrogen-bond acceptors (Lipinski definition) is 2. The van der Waals surface area contributed by atoms with Gasteiger partial charge in [0.2, 0.25) is 0 Å². The van der Waals surface area contributed by atoms with Crippen LogP contribution in [-0.2, 0) is 6.54 Å². The average molecular weight is 388 g/mol. The molecule has 0 radical (unpaired) electrons. The van der Waals surface area contributed by atoms with Gasteiger partial charge in [0.05, 0.1) is 0 Å². The predicted octanol–water partition coefficient (Wildman–Crippen LogP) is 3.18. The molecule has 0 bridgehead atoms. The summed E-state index contributed by atoms with van der Waals surface area (Å²) in [6.45, 7) is 3.33. The number of urea groups is 2. The fourth-order valence-electron chi connectivity index (χ4n) is 4.61. The van der Waals surface area contributed by atoms with Crippen LogP contribution in [0.4, 0.5) is 14.0 Å². The van der Waals surface area contributed by atoms with Crippen LogP contribution in [0.15, 0.2) is 24.3 Å². The number of piperidine rings is 1. The van der Waals surface area contributed by atoms with Crippen molar-refractivity contribution in [3.05, 3.63) is 35.6 Å². The van der Waals surface area contributed by atoms with E-state index >= 15 is 0 Å². The van der Waals surface area contributed by atoms with E-state index < -0.39 is 0 Å². The van der Waals surface area contributed by atoms with Gasteiger partial charge in [-0.05, 0) is 43.4 Å². The first kappa shape index (κ1) is 19.0. The molecular weight excluding hydrogens is 359 g/mol. The first-order chi connectivity index (χ1) is 13.6. The minimum absolute atomic E-state index is 0.0519. The minimum Gasteiger partial charge on any atom is -0.335 e. The summed E-state index contributed by atoms with van der Waals surface area (Å²) in [5.41, 5.74) is 0.940. The van der Waals surface area contributed by atoms with E-state index in [4.69, 9.17) is 0 Å². The highest BCUT2D eigenvalue weighted by Gasteiger charge is 2.36. The van der Waals surface area contributed by atoms with Gasteiger partial charge in [0.25, 0.3) is 0 Å². The molecule has 1 aromatic rings. The zero-order chi connectivity index (χ0) is 19.5. The lowest BCUT2D eigenvalue weighted by molar-refractivity contribution is 0.133. The van der Waals surface area contributed by atoms with Crippen molar-refractivity contribution in [2.45, 2.75) is 57.2 Å². The first-order valence-electron chi connectivity index (χ1n) is 10.5. The first-order valence-corrected chi connectivity index (χ1v) is 10.5. The van der Waals surface area contributed by atoms with Gasteiger partial charge in [0.1, 0.15) is 5.82 Å². The summed E-state index contributed by atoms with van der Waals surface area (Å²) in [4.78, 5) is 30.9. The molecule has 6 nitrogen and oxygen atoms in total. The lowest BCUT2D eigenvalue weighted by Crippen LogP contribution is -2.51. The maximum atomic E-state index is 13.1. The van der Waals surface area contributed by atoms with Gasteiger partial charge in [-0.3, -0.25) is 0 Å². The number of amides is 4. The molecule has 2 aliphatic heterocycles. The molecule has 1 saturated carbocycles. The van der Waals surface area contributed by atoms with Gasteiger partial charge in [-0.25, -0.2) is 14.0 Å². The molecular formula is C21H29FN4O2. The second-order valence-corrected chi connectivity index (χ2v) is 8.17. The van der Waals surface area contributed by atoms with Crippen LogP contribution in [0.1, 0.15) is 44.1 Å². The molecule has 4 amide bonds. The normalized spacial score (nSPS) is 21.6. The fourth-order valence-corrected chi connectivity index (χ4v) is 4.61. The van der Waals surface area contributed by atoms with Crippen LogP contribution in [0.25, 0.3) is 0 Å². The van der Waals surface area contributed by atoms with Crippen molar-refractivity contribution in [1.82, 2.24) is 20.0 Å². The molecule has 0 spiro atoms. The number of nitrogens with zero attached hydrogens (tertiary/aromatic N) is 3. The van der Waals surface area contributed by atoms with Crippen molar-refractivity contribution in [3.8, 4) is 0 Å². The fraction of sp³-hybridized carbons (Fsp3) is 0.619. The number of halogens is 1. The Morgan fingerprint density at radius 1 is 1.00 bits per heavy atom. The lowest BCUT2D eigenvalue weighted by Gasteiger charge is -2.37. The van der Waals surface area contributed by atoms with Crippen LogP contribution in [0.3, 0.4) is 0 Å². The van der Waals surface area contributed by atoms with E-state index in [9.17, 15) is 14.0 Å². The lowest BCUT2D eigenvalue weighted by atomic mass is 10.0. The van der Waals surface area contributed by atoms with Crippen molar-refractivity contribution in [3.63, 3.8) is 0 Å². The molecule has 1 N–H and O–H groups in total. The molecule has 152 valence electrons. The van der Waals surface area contributed by atoms with Crippen molar-refractivity contribution in [1.29, 1.82) is 0 Å². The molecule has 1 aliphatic carbocycles. The SMILES string of the molecule is O=C(NC1CCCC1)N1CCC(N2CCN(Cc3ccc(F)cc3)C2=O)CC1. The van der Waals surface area contributed by atoms with E-state index in [1.165, 1.54) is 25.0 Å². The van der Waals surface area contributed by atoms with Crippen molar-refractivity contribution in [2.75, 3.05) is 26.2 Å². The van der Waals surface area contributed by atoms with E-state index in [1.54, 1.807) is 12.1 Å². The van der Waals surface area contributed by atoms with Gasteiger partial charge >= 0.3 is 12.1 Å². The number of rotatable bonds is 4. The van der Waals surface area contributed by atoms with Crippen molar-refractivity contribution < 1.29 is 14.0 Å². The maximum absolute atomic E-state index is 13.1. The molecule has 2 saturated heterocycles. The number of carbonyl (C=O) groups is 2. The van der Waals surface area contributed by atoms with Gasteiger partial charge in [-0.15, -0.1) is 0 Å². The van der Waals surface area contributed by atoms with E-state index in [1.807, 2.05) is 14.7 Å². The summed E-state index contributed by atoms with van der Waals surface area (Å²) in [7, 11) is 0. The highest BCUT2D eigenvalue weighted by molar-refractivity contribution is 5.77. The minimum atomic E-state index is -0.262. The van der Waals surface area contributed by atoms with Crippen LogP contribution in [0, 0.1) is 5.82 Å². The zero-order valence-electron chi connectivity index (χ0n) is 16.3. The Balaban J connectivity index is 1.26. The summed E-state index contributed by atoms with van der Waals surface area (Å²) in [5.74, 6) is -0.262. The molecule has 2 heterocycles. The number of hydrogen-bond donors (Lipinski definition) is 1. The molecule has 0 aromatic heterocycles. The Bertz CT molecular complexity index is 697. The number of carbonyl (C=O) groups excluding carboxylic acids is 2. The van der Waals surface area contributed by atoms with Gasteiger partial charge in [-0.2, -0.15) is 0 Å². The van der Waals surface area contributed by atoms with Gasteiger partial charge in [0, 0.05) is 44.8 Å². The van der Waals surface area contributed by atoms with Gasteiger partial charge in [0.15, 0.2) is 0 Å². The van der Waals surface area contributed by atoms with Gasteiger partial charge < -0.3 is 20.0 Å². The van der Waals surface area contributed by atoms with Crippen LogP contribution < -0.4 is 5.32 Å².